The minimum atomic E-state index is -5.42. The fourth-order valence-corrected chi connectivity index (χ4v) is 3.87. The lowest BCUT2D eigenvalue weighted by Gasteiger charge is -2.27. The summed E-state index contributed by atoms with van der Waals surface area (Å²) in [6.45, 7) is 4.56. The highest BCUT2D eigenvalue weighted by Crippen LogP contribution is 2.46. The van der Waals surface area contributed by atoms with Crippen molar-refractivity contribution in [1.29, 1.82) is 0 Å². The predicted octanol–water partition coefficient (Wildman–Crippen LogP) is 5.10. The second-order valence-electron chi connectivity index (χ2n) is 6.31. The highest BCUT2D eigenvalue weighted by molar-refractivity contribution is 7.80. The second-order valence-corrected chi connectivity index (χ2v) is 7.10. The molecule has 0 amide bonds. The zero-order chi connectivity index (χ0) is 18.9. The number of fused-ring (bicyclic) bond motifs is 4. The van der Waals surface area contributed by atoms with Gasteiger partial charge < -0.3 is 4.55 Å². The first-order chi connectivity index (χ1) is 12.3. The summed E-state index contributed by atoms with van der Waals surface area (Å²) in [5.41, 5.74) is 5.86. The van der Waals surface area contributed by atoms with Crippen LogP contribution in [0.5, 0.6) is 0 Å². The highest BCUT2D eigenvalue weighted by atomic mass is 32.3. The largest absolute Gasteiger partial charge is 0.722 e. The molecule has 4 rings (SSSR count). The Balaban J connectivity index is 0.000000349. The summed E-state index contributed by atoms with van der Waals surface area (Å²) in [6, 6.07) is 22.3. The molecule has 1 atom stereocenters. The Morgan fingerprint density at radius 3 is 2.31 bits per heavy atom. The molecule has 0 aromatic heterocycles. The minimum absolute atomic E-state index is 0.506. The molecule has 3 nitrogen and oxygen atoms in total. The van der Waals surface area contributed by atoms with Gasteiger partial charge in [-0.1, -0.05) is 25.1 Å². The Kier molecular flexibility index (Phi) is 5.03. The van der Waals surface area contributed by atoms with Gasteiger partial charge in [-0.3, -0.25) is 0 Å². The standard InChI is InChI=1S/C21H19.FHO3S/c1-3-16-20-11-7-6-9-17(20)14(2)18-13-12-15-8-4-5-10-19(15)21(16)18;1-5(2,3)4/h4-13,16H,3H2,1-2H3;(H,2,3,4)/q+1;/p-1. The summed E-state index contributed by atoms with van der Waals surface area (Å²) in [4.78, 5) is 0. The Morgan fingerprint density at radius 2 is 1.62 bits per heavy atom. The molecule has 0 saturated heterocycles. The first kappa shape index (κ1) is 18.4. The number of hydrogen-bond acceptors (Lipinski definition) is 3. The zero-order valence-corrected chi connectivity index (χ0v) is 15.4. The van der Waals surface area contributed by atoms with Crippen molar-refractivity contribution in [2.45, 2.75) is 26.2 Å². The van der Waals surface area contributed by atoms with Gasteiger partial charge in [-0.25, -0.2) is 8.42 Å². The van der Waals surface area contributed by atoms with Crippen LogP contribution in [0.4, 0.5) is 3.89 Å². The van der Waals surface area contributed by atoms with Crippen molar-refractivity contribution in [3.8, 4) is 0 Å². The van der Waals surface area contributed by atoms with Gasteiger partial charge >= 0.3 is 0 Å². The lowest BCUT2D eigenvalue weighted by atomic mass is 9.71. The summed E-state index contributed by atoms with van der Waals surface area (Å²) in [5, 5.41) is 2.76. The van der Waals surface area contributed by atoms with E-state index in [-0.39, 0.29) is 0 Å². The quantitative estimate of drug-likeness (QED) is 0.340. The SMILES string of the molecule is CCC1c2ccccc2[C+](C)c2ccc3ccccc3c21.O=S(=O)([O-])F. The molecule has 1 aliphatic rings. The van der Waals surface area contributed by atoms with E-state index in [1.165, 1.54) is 38.9 Å². The summed E-state index contributed by atoms with van der Waals surface area (Å²) in [7, 11) is -5.42. The molecule has 0 fully saturated rings. The van der Waals surface area contributed by atoms with E-state index in [1.54, 1.807) is 0 Å². The average Bonchev–Trinajstić information content (AvgIpc) is 2.61. The molecule has 1 unspecified atom stereocenters. The fourth-order valence-electron chi connectivity index (χ4n) is 3.87. The van der Waals surface area contributed by atoms with Gasteiger partial charge in [0.25, 0.3) is 10.5 Å². The topological polar surface area (TPSA) is 57.2 Å². The van der Waals surface area contributed by atoms with Crippen LogP contribution in [0.3, 0.4) is 0 Å². The van der Waals surface area contributed by atoms with E-state index in [0.717, 1.165) is 6.42 Å². The number of halogens is 1. The second kappa shape index (κ2) is 7.09. The van der Waals surface area contributed by atoms with E-state index in [9.17, 15) is 3.89 Å². The molecule has 0 spiro atoms. The number of hydrogen-bond donors (Lipinski definition) is 0. The molecule has 5 heteroatoms. The molecule has 0 N–H and O–H groups in total. The molecule has 0 saturated carbocycles. The van der Waals surface area contributed by atoms with Gasteiger partial charge in [-0.2, -0.15) is 0 Å². The van der Waals surface area contributed by atoms with E-state index < -0.39 is 10.5 Å². The van der Waals surface area contributed by atoms with Crippen LogP contribution in [0.1, 0.15) is 48.4 Å². The highest BCUT2D eigenvalue weighted by Gasteiger charge is 2.36. The van der Waals surface area contributed by atoms with E-state index in [2.05, 4.69) is 74.5 Å². The molecular weight excluding hydrogens is 351 g/mol. The zero-order valence-electron chi connectivity index (χ0n) is 14.6. The van der Waals surface area contributed by atoms with Crippen molar-refractivity contribution in [2.75, 3.05) is 0 Å². The van der Waals surface area contributed by atoms with Crippen LogP contribution in [0.25, 0.3) is 10.8 Å². The molecule has 3 aromatic carbocycles. The minimum Gasteiger partial charge on any atom is -0.722 e. The van der Waals surface area contributed by atoms with Crippen molar-refractivity contribution >= 4 is 21.3 Å². The van der Waals surface area contributed by atoms with Gasteiger partial charge in [0.05, 0.1) is 17.0 Å². The van der Waals surface area contributed by atoms with E-state index in [0.29, 0.717) is 5.92 Å². The smallest absolute Gasteiger partial charge is 0.255 e. The third-order valence-corrected chi connectivity index (χ3v) is 4.87. The summed E-state index contributed by atoms with van der Waals surface area (Å²) in [6.07, 6.45) is 1.14. The third kappa shape index (κ3) is 3.59. The van der Waals surface area contributed by atoms with Crippen LogP contribution in [-0.4, -0.2) is 13.0 Å². The van der Waals surface area contributed by atoms with Gasteiger partial charge in [0.2, 0.25) is 0 Å². The summed E-state index contributed by atoms with van der Waals surface area (Å²) < 4.78 is 35.3. The van der Waals surface area contributed by atoms with Crippen LogP contribution >= 0.6 is 0 Å². The molecule has 1 aliphatic carbocycles. The molecule has 0 bridgehead atoms. The maximum atomic E-state index is 10.1. The molecular formula is C21H19FO3S. The van der Waals surface area contributed by atoms with Crippen LogP contribution < -0.4 is 0 Å². The Labute approximate surface area is 153 Å². The first-order valence-corrected chi connectivity index (χ1v) is 9.72. The van der Waals surface area contributed by atoms with Crippen LogP contribution in [0, 0.1) is 5.92 Å². The van der Waals surface area contributed by atoms with Gasteiger partial charge in [0, 0.05) is 34.6 Å². The van der Waals surface area contributed by atoms with Gasteiger partial charge in [0.15, 0.2) is 0 Å². The molecule has 0 aliphatic heterocycles. The van der Waals surface area contributed by atoms with Crippen molar-refractivity contribution in [3.63, 3.8) is 0 Å². The normalized spacial score (nSPS) is 15.7. The monoisotopic (exact) mass is 370 g/mol. The lowest BCUT2D eigenvalue weighted by Crippen LogP contribution is -2.17. The maximum absolute atomic E-state index is 10.1. The van der Waals surface area contributed by atoms with Crippen molar-refractivity contribution < 1.29 is 16.9 Å². The molecule has 0 heterocycles. The third-order valence-electron chi connectivity index (χ3n) is 4.87. The van der Waals surface area contributed by atoms with Gasteiger partial charge in [0.1, 0.15) is 0 Å². The molecule has 134 valence electrons. The van der Waals surface area contributed by atoms with Crippen LogP contribution in [0.15, 0.2) is 60.7 Å². The molecule has 26 heavy (non-hydrogen) atoms. The number of benzene rings is 3. The van der Waals surface area contributed by atoms with Gasteiger partial charge in [-0.15, -0.1) is 3.89 Å². The Hall–Kier alpha value is -2.37. The Bertz CT molecular complexity index is 1040. The lowest BCUT2D eigenvalue weighted by molar-refractivity contribution is 0.417. The van der Waals surface area contributed by atoms with Crippen LogP contribution in [0.2, 0.25) is 0 Å². The summed E-state index contributed by atoms with van der Waals surface area (Å²) >= 11 is 0. The van der Waals surface area contributed by atoms with Crippen LogP contribution in [-0.2, 0) is 10.5 Å². The van der Waals surface area contributed by atoms with E-state index in [1.807, 2.05) is 0 Å². The van der Waals surface area contributed by atoms with Crippen molar-refractivity contribution in [1.82, 2.24) is 0 Å². The number of rotatable bonds is 1. The average molecular weight is 370 g/mol. The van der Waals surface area contributed by atoms with Crippen molar-refractivity contribution in [3.05, 3.63) is 88.8 Å². The molecule has 3 aromatic rings. The maximum Gasteiger partial charge on any atom is 0.255 e. The van der Waals surface area contributed by atoms with E-state index >= 15 is 0 Å². The van der Waals surface area contributed by atoms with Gasteiger partial charge in [-0.05, 0) is 49.1 Å². The molecule has 0 radical (unpaired) electrons. The van der Waals surface area contributed by atoms with Crippen molar-refractivity contribution in [2.24, 2.45) is 0 Å². The first-order valence-electron chi connectivity index (χ1n) is 8.41. The predicted molar refractivity (Wildman–Crippen MR) is 100 cm³/mol. The van der Waals surface area contributed by atoms with E-state index in [4.69, 9.17) is 13.0 Å². The summed E-state index contributed by atoms with van der Waals surface area (Å²) in [5.74, 6) is 1.92. The Morgan fingerprint density at radius 1 is 1.00 bits per heavy atom. The fraction of sp³-hybridized carbons (Fsp3) is 0.190.